The van der Waals surface area contributed by atoms with Crippen molar-refractivity contribution in [2.45, 2.75) is 78.0 Å². The largest absolute Gasteiger partial charge is 0.413 e. The Morgan fingerprint density at radius 3 is 2.00 bits per heavy atom. The van der Waals surface area contributed by atoms with Crippen molar-refractivity contribution in [3.05, 3.63) is 0 Å². The van der Waals surface area contributed by atoms with E-state index < -0.39 is 16.4 Å². The summed E-state index contributed by atoms with van der Waals surface area (Å²) in [5.74, 6) is -0.215. The highest BCUT2D eigenvalue weighted by Crippen LogP contribution is 2.42. The molecule has 3 unspecified atom stereocenters. The van der Waals surface area contributed by atoms with Gasteiger partial charge in [0, 0.05) is 18.3 Å². The highest BCUT2D eigenvalue weighted by molar-refractivity contribution is 7.03. The van der Waals surface area contributed by atoms with Crippen LogP contribution in [0, 0.1) is 11.8 Å². The Balaban J connectivity index is 3.05. The molecule has 0 saturated heterocycles. The van der Waals surface area contributed by atoms with Crippen LogP contribution in [0.5, 0.6) is 0 Å². The Morgan fingerprint density at radius 2 is 1.62 bits per heavy atom. The lowest BCUT2D eigenvalue weighted by molar-refractivity contribution is -0.124. The van der Waals surface area contributed by atoms with Crippen LogP contribution in [0.25, 0.3) is 0 Å². The number of rotatable bonds is 4. The second-order valence-corrected chi connectivity index (χ2v) is 18.8. The third kappa shape index (κ3) is 3.93. The SMILES string of the molecule is CC1C(=O)CC(O[Si](C)(C)C(C)(C)C)C1C(=O)[Si](C)(C)C. The highest BCUT2D eigenvalue weighted by atomic mass is 28.4. The number of carbonyl (C=O) groups excluding carboxylic acids is 2. The van der Waals surface area contributed by atoms with Gasteiger partial charge in [-0.2, -0.15) is 0 Å². The Kier molecular flexibility index (Phi) is 5.13. The lowest BCUT2D eigenvalue weighted by Crippen LogP contribution is -2.49. The average Bonchev–Trinajstić information content (AvgIpc) is 2.50. The van der Waals surface area contributed by atoms with Crippen molar-refractivity contribution >= 4 is 27.6 Å². The van der Waals surface area contributed by atoms with Gasteiger partial charge >= 0.3 is 0 Å². The molecular formula is C16H32O3Si2. The molecule has 1 aliphatic rings. The summed E-state index contributed by atoms with van der Waals surface area (Å²) in [6, 6.07) is 0. The van der Waals surface area contributed by atoms with E-state index in [0.29, 0.717) is 11.8 Å². The smallest absolute Gasteiger partial charge is 0.192 e. The Morgan fingerprint density at radius 1 is 1.14 bits per heavy atom. The summed E-state index contributed by atoms with van der Waals surface area (Å²) in [4.78, 5) is 25.0. The molecule has 21 heavy (non-hydrogen) atoms. The summed E-state index contributed by atoms with van der Waals surface area (Å²) in [7, 11) is -3.88. The third-order valence-electron chi connectivity index (χ3n) is 5.14. The minimum atomic E-state index is -1.96. The van der Waals surface area contributed by atoms with Crippen LogP contribution in [0.1, 0.15) is 34.1 Å². The van der Waals surface area contributed by atoms with Crippen LogP contribution >= 0.6 is 0 Å². The van der Waals surface area contributed by atoms with Gasteiger partial charge in [0.15, 0.2) is 8.32 Å². The molecule has 3 atom stereocenters. The summed E-state index contributed by atoms with van der Waals surface area (Å²) in [6.45, 7) is 19.0. The first-order valence-corrected chi connectivity index (χ1v) is 14.3. The zero-order valence-electron chi connectivity index (χ0n) is 15.2. The van der Waals surface area contributed by atoms with Gasteiger partial charge < -0.3 is 9.22 Å². The second kappa shape index (κ2) is 5.74. The first kappa shape index (κ1) is 18.8. The van der Waals surface area contributed by atoms with E-state index in [4.69, 9.17) is 4.43 Å². The molecule has 0 amide bonds. The molecule has 0 aliphatic heterocycles. The fourth-order valence-electron chi connectivity index (χ4n) is 2.60. The van der Waals surface area contributed by atoms with Gasteiger partial charge in [-0.3, -0.25) is 4.79 Å². The Bertz CT molecular complexity index is 430. The maximum atomic E-state index is 12.8. The Labute approximate surface area is 132 Å². The highest BCUT2D eigenvalue weighted by Gasteiger charge is 2.51. The molecule has 1 saturated carbocycles. The fourth-order valence-corrected chi connectivity index (χ4v) is 5.38. The van der Waals surface area contributed by atoms with E-state index >= 15 is 0 Å². The van der Waals surface area contributed by atoms with Crippen LogP contribution in [0.2, 0.25) is 37.8 Å². The van der Waals surface area contributed by atoms with Crippen molar-refractivity contribution in [3.8, 4) is 0 Å². The van der Waals surface area contributed by atoms with Crippen LogP contribution in [0.3, 0.4) is 0 Å². The van der Waals surface area contributed by atoms with Gasteiger partial charge in [-0.15, -0.1) is 0 Å². The summed E-state index contributed by atoms with van der Waals surface area (Å²) < 4.78 is 6.45. The molecule has 0 heterocycles. The van der Waals surface area contributed by atoms with E-state index in [2.05, 4.69) is 53.5 Å². The molecule has 0 spiro atoms. The first-order chi connectivity index (χ1) is 9.18. The molecule has 1 fully saturated rings. The minimum Gasteiger partial charge on any atom is -0.413 e. The predicted molar refractivity (Wildman–Crippen MR) is 92.7 cm³/mol. The standard InChI is InChI=1S/C16H32O3Si2/c1-11-12(17)10-13(14(11)15(18)20(5,6)7)19-21(8,9)16(2,3)4/h11,13-14H,10H2,1-9H3. The van der Waals surface area contributed by atoms with E-state index in [1.54, 1.807) is 0 Å². The normalized spacial score (nSPS) is 28.0. The van der Waals surface area contributed by atoms with Crippen molar-refractivity contribution in [1.29, 1.82) is 0 Å². The Hall–Kier alpha value is -0.266. The number of hydrogen-bond donors (Lipinski definition) is 0. The molecular weight excluding hydrogens is 296 g/mol. The summed E-state index contributed by atoms with van der Waals surface area (Å²) in [5, 5.41) is 0.388. The van der Waals surface area contributed by atoms with E-state index in [-0.39, 0.29) is 28.8 Å². The molecule has 0 aromatic heterocycles. The van der Waals surface area contributed by atoms with Gasteiger partial charge in [0.25, 0.3) is 0 Å². The quantitative estimate of drug-likeness (QED) is 0.731. The maximum Gasteiger partial charge on any atom is 0.192 e. The maximum absolute atomic E-state index is 12.8. The topological polar surface area (TPSA) is 43.4 Å². The van der Waals surface area contributed by atoms with Gasteiger partial charge in [-0.25, -0.2) is 0 Å². The van der Waals surface area contributed by atoms with Crippen molar-refractivity contribution in [2.75, 3.05) is 0 Å². The molecule has 0 bridgehead atoms. The first-order valence-electron chi connectivity index (χ1n) is 7.93. The van der Waals surface area contributed by atoms with Crippen LogP contribution in [0.4, 0.5) is 0 Å². The van der Waals surface area contributed by atoms with Gasteiger partial charge in [0.1, 0.15) is 19.3 Å². The van der Waals surface area contributed by atoms with Gasteiger partial charge in [0.2, 0.25) is 0 Å². The van der Waals surface area contributed by atoms with E-state index in [9.17, 15) is 9.59 Å². The van der Waals surface area contributed by atoms with E-state index in [1.165, 1.54) is 0 Å². The van der Waals surface area contributed by atoms with Crippen molar-refractivity contribution in [3.63, 3.8) is 0 Å². The molecule has 1 aliphatic carbocycles. The minimum absolute atomic E-state index is 0.0919. The molecule has 3 nitrogen and oxygen atoms in total. The summed E-state index contributed by atoms with van der Waals surface area (Å²) in [5.41, 5.74) is 0. The number of ketones is 1. The molecule has 1 rings (SSSR count). The van der Waals surface area contributed by atoms with Crippen LogP contribution in [0.15, 0.2) is 0 Å². The molecule has 0 aromatic rings. The van der Waals surface area contributed by atoms with E-state index in [0.717, 1.165) is 0 Å². The molecule has 0 radical (unpaired) electrons. The predicted octanol–water partition coefficient (Wildman–Crippen LogP) is 4.05. The second-order valence-electron chi connectivity index (χ2n) is 9.02. The van der Waals surface area contributed by atoms with Gasteiger partial charge in [0.05, 0.1) is 6.10 Å². The zero-order chi connectivity index (χ0) is 16.8. The van der Waals surface area contributed by atoms with Crippen molar-refractivity contribution in [1.82, 2.24) is 0 Å². The number of Topliss-reactive ketones (excluding diaryl/α,β-unsaturated/α-hetero) is 1. The van der Waals surface area contributed by atoms with Crippen molar-refractivity contribution < 1.29 is 14.0 Å². The monoisotopic (exact) mass is 328 g/mol. The van der Waals surface area contributed by atoms with Crippen molar-refractivity contribution in [2.24, 2.45) is 11.8 Å². The lowest BCUT2D eigenvalue weighted by atomic mass is 9.98. The van der Waals surface area contributed by atoms with Crippen LogP contribution in [-0.4, -0.2) is 33.7 Å². The van der Waals surface area contributed by atoms with Gasteiger partial charge in [-0.05, 0) is 18.1 Å². The molecule has 0 N–H and O–H groups in total. The fraction of sp³-hybridized carbons (Fsp3) is 0.875. The molecule has 0 aromatic carbocycles. The average molecular weight is 329 g/mol. The number of carbonyl (C=O) groups is 2. The molecule has 122 valence electrons. The van der Waals surface area contributed by atoms with E-state index in [1.807, 2.05) is 6.92 Å². The van der Waals surface area contributed by atoms with Gasteiger partial charge in [-0.1, -0.05) is 47.3 Å². The number of hydrogen-bond acceptors (Lipinski definition) is 3. The third-order valence-corrected chi connectivity index (χ3v) is 11.5. The molecule has 5 heteroatoms. The van der Waals surface area contributed by atoms with Crippen LogP contribution in [-0.2, 0) is 14.0 Å². The summed E-state index contributed by atoms with van der Waals surface area (Å²) in [6.07, 6.45) is 0.210. The van der Waals surface area contributed by atoms with Crippen LogP contribution < -0.4 is 0 Å². The lowest BCUT2D eigenvalue weighted by Gasteiger charge is -2.40. The summed E-state index contributed by atoms with van der Waals surface area (Å²) >= 11 is 0. The zero-order valence-corrected chi connectivity index (χ0v) is 17.2.